The second-order valence-electron chi connectivity index (χ2n) is 3.30. The lowest BCUT2D eigenvalue weighted by Crippen LogP contribution is -2.16. The van der Waals surface area contributed by atoms with Crippen molar-refractivity contribution in [2.24, 2.45) is 0 Å². The number of fused-ring (bicyclic) bond motifs is 1. The van der Waals surface area contributed by atoms with Crippen LogP contribution in [0.15, 0.2) is 39.5 Å². The minimum atomic E-state index is -0.618. The topological polar surface area (TPSA) is 65.7 Å². The van der Waals surface area contributed by atoms with Crippen molar-refractivity contribution in [1.29, 1.82) is 0 Å². The molecule has 0 aliphatic rings. The summed E-state index contributed by atoms with van der Waals surface area (Å²) in [5.41, 5.74) is -0.143. The number of hydrogen-bond donors (Lipinski definition) is 0. The van der Waals surface area contributed by atoms with E-state index in [0.717, 1.165) is 5.39 Å². The average Bonchev–Trinajstić information content (AvgIpc) is 2.35. The Bertz CT molecular complexity index is 599. The number of esters is 1. The van der Waals surface area contributed by atoms with Crippen LogP contribution < -0.4 is 10.4 Å². The van der Waals surface area contributed by atoms with Gasteiger partial charge in [-0.05, 0) is 12.1 Å². The highest BCUT2D eigenvalue weighted by molar-refractivity contribution is 5.77. The summed E-state index contributed by atoms with van der Waals surface area (Å²) in [6.45, 7) is -0.320. The molecule has 0 unspecified atom stereocenters. The molecule has 0 aliphatic heterocycles. The summed E-state index contributed by atoms with van der Waals surface area (Å²) in [7, 11) is 1.24. The van der Waals surface area contributed by atoms with Crippen molar-refractivity contribution in [3.8, 4) is 5.75 Å². The third-order valence-electron chi connectivity index (χ3n) is 2.18. The molecule has 88 valence electrons. The second-order valence-corrected chi connectivity index (χ2v) is 3.30. The van der Waals surface area contributed by atoms with E-state index in [4.69, 9.17) is 9.15 Å². The largest absolute Gasteiger partial charge is 0.475 e. The van der Waals surface area contributed by atoms with Crippen LogP contribution in [0, 0.1) is 0 Å². The molecule has 0 radical (unpaired) electrons. The molecule has 2 aromatic rings. The minimum Gasteiger partial charge on any atom is -0.475 e. The number of ether oxygens (including phenoxy) is 2. The Morgan fingerprint density at radius 3 is 2.88 bits per heavy atom. The average molecular weight is 234 g/mol. The third-order valence-corrected chi connectivity index (χ3v) is 2.18. The summed E-state index contributed by atoms with van der Waals surface area (Å²) in [6, 6.07) is 8.57. The van der Waals surface area contributed by atoms with Crippen LogP contribution in [0.3, 0.4) is 0 Å². The van der Waals surface area contributed by atoms with Gasteiger partial charge in [0.05, 0.1) is 7.11 Å². The summed E-state index contributed by atoms with van der Waals surface area (Å²) in [5, 5.41) is 0.729. The van der Waals surface area contributed by atoms with Crippen LogP contribution in [-0.4, -0.2) is 19.7 Å². The number of methoxy groups -OCH3 is 1. The number of para-hydroxylation sites is 1. The van der Waals surface area contributed by atoms with Gasteiger partial charge in [0.15, 0.2) is 6.61 Å². The van der Waals surface area contributed by atoms with Gasteiger partial charge in [-0.15, -0.1) is 0 Å². The maximum absolute atomic E-state index is 11.5. The molecule has 0 saturated heterocycles. The molecule has 0 bridgehead atoms. The van der Waals surface area contributed by atoms with Crippen LogP contribution in [-0.2, 0) is 9.53 Å². The van der Waals surface area contributed by atoms with E-state index < -0.39 is 11.6 Å². The van der Waals surface area contributed by atoms with Gasteiger partial charge >= 0.3 is 11.6 Å². The Balaban J connectivity index is 2.31. The predicted octanol–water partition coefficient (Wildman–Crippen LogP) is 1.34. The van der Waals surface area contributed by atoms with Crippen LogP contribution in [0.5, 0.6) is 5.75 Å². The van der Waals surface area contributed by atoms with Crippen molar-refractivity contribution >= 4 is 16.9 Å². The van der Waals surface area contributed by atoms with E-state index in [1.165, 1.54) is 13.2 Å². The monoisotopic (exact) mass is 234 g/mol. The molecule has 0 aliphatic carbocycles. The molecule has 0 saturated carbocycles. The highest BCUT2D eigenvalue weighted by Crippen LogP contribution is 2.16. The lowest BCUT2D eigenvalue weighted by atomic mass is 10.2. The van der Waals surface area contributed by atoms with E-state index >= 15 is 0 Å². The Hall–Kier alpha value is -2.30. The zero-order chi connectivity index (χ0) is 12.3. The van der Waals surface area contributed by atoms with Crippen molar-refractivity contribution in [2.75, 3.05) is 13.7 Å². The number of carbonyl (C=O) groups excluding carboxylic acids is 1. The Labute approximate surface area is 96.6 Å². The summed E-state index contributed by atoms with van der Waals surface area (Å²) in [5.74, 6) is -0.563. The summed E-state index contributed by atoms with van der Waals surface area (Å²) in [4.78, 5) is 22.4. The molecule has 2 rings (SSSR count). The Morgan fingerprint density at radius 2 is 2.12 bits per heavy atom. The van der Waals surface area contributed by atoms with E-state index in [0.29, 0.717) is 5.58 Å². The summed E-state index contributed by atoms with van der Waals surface area (Å²) in [6.07, 6.45) is 0. The van der Waals surface area contributed by atoms with Gasteiger partial charge in [-0.25, -0.2) is 9.59 Å². The van der Waals surface area contributed by atoms with Crippen molar-refractivity contribution in [1.82, 2.24) is 0 Å². The van der Waals surface area contributed by atoms with E-state index in [-0.39, 0.29) is 12.4 Å². The highest BCUT2D eigenvalue weighted by atomic mass is 16.6. The molecule has 0 amide bonds. The first kappa shape index (κ1) is 11.2. The van der Waals surface area contributed by atoms with E-state index in [2.05, 4.69) is 4.74 Å². The van der Waals surface area contributed by atoms with Gasteiger partial charge in [0.25, 0.3) is 0 Å². The lowest BCUT2D eigenvalue weighted by Gasteiger charge is -2.04. The van der Waals surface area contributed by atoms with E-state index in [9.17, 15) is 9.59 Å². The second kappa shape index (κ2) is 4.69. The molecule has 0 fully saturated rings. The maximum Gasteiger partial charge on any atom is 0.379 e. The SMILES string of the molecule is COC(=O)COc1cc2ccccc2oc1=O. The van der Waals surface area contributed by atoms with Crippen LogP contribution in [0.4, 0.5) is 0 Å². The van der Waals surface area contributed by atoms with Crippen molar-refractivity contribution in [3.63, 3.8) is 0 Å². The lowest BCUT2D eigenvalue weighted by molar-refractivity contribution is -0.142. The van der Waals surface area contributed by atoms with Crippen LogP contribution >= 0.6 is 0 Å². The molecule has 5 heteroatoms. The standard InChI is InChI=1S/C12H10O5/c1-15-11(13)7-16-10-6-8-4-2-3-5-9(8)17-12(10)14/h2-6H,7H2,1H3. The van der Waals surface area contributed by atoms with Gasteiger partial charge in [-0.3, -0.25) is 0 Å². The molecule has 0 spiro atoms. The zero-order valence-electron chi connectivity index (χ0n) is 9.14. The van der Waals surface area contributed by atoms with Gasteiger partial charge in [-0.1, -0.05) is 18.2 Å². The quantitative estimate of drug-likeness (QED) is 0.592. The van der Waals surface area contributed by atoms with Gasteiger partial charge in [-0.2, -0.15) is 0 Å². The summed E-state index contributed by atoms with van der Waals surface area (Å²) >= 11 is 0. The fourth-order valence-electron chi connectivity index (χ4n) is 1.34. The Morgan fingerprint density at radius 1 is 1.35 bits per heavy atom. The third kappa shape index (κ3) is 2.44. The molecule has 0 atom stereocenters. The Kier molecular flexibility index (Phi) is 3.09. The van der Waals surface area contributed by atoms with Crippen LogP contribution in [0.25, 0.3) is 11.0 Å². The number of carbonyl (C=O) groups is 1. The maximum atomic E-state index is 11.5. The fraction of sp³-hybridized carbons (Fsp3) is 0.167. The van der Waals surface area contributed by atoms with E-state index in [1.807, 2.05) is 6.07 Å². The molecule has 1 aromatic heterocycles. The number of benzene rings is 1. The highest BCUT2D eigenvalue weighted by Gasteiger charge is 2.08. The van der Waals surface area contributed by atoms with Crippen LogP contribution in [0.2, 0.25) is 0 Å². The molecule has 1 heterocycles. The molecule has 1 aromatic carbocycles. The predicted molar refractivity (Wildman–Crippen MR) is 60.0 cm³/mol. The number of rotatable bonds is 3. The van der Waals surface area contributed by atoms with Gasteiger partial charge in [0.2, 0.25) is 5.75 Å². The number of hydrogen-bond acceptors (Lipinski definition) is 5. The van der Waals surface area contributed by atoms with Gasteiger partial charge in [0, 0.05) is 5.39 Å². The molecule has 5 nitrogen and oxygen atoms in total. The van der Waals surface area contributed by atoms with Crippen LogP contribution in [0.1, 0.15) is 0 Å². The normalized spacial score (nSPS) is 10.2. The fourth-order valence-corrected chi connectivity index (χ4v) is 1.34. The van der Waals surface area contributed by atoms with Gasteiger partial charge in [0.1, 0.15) is 5.58 Å². The first-order valence-electron chi connectivity index (χ1n) is 4.93. The van der Waals surface area contributed by atoms with E-state index in [1.54, 1.807) is 18.2 Å². The minimum absolute atomic E-state index is 0.00546. The molecular formula is C12H10O5. The van der Waals surface area contributed by atoms with Gasteiger partial charge < -0.3 is 13.9 Å². The van der Waals surface area contributed by atoms with Crippen molar-refractivity contribution in [3.05, 3.63) is 40.8 Å². The van der Waals surface area contributed by atoms with Crippen molar-refractivity contribution < 1.29 is 18.7 Å². The molecule has 0 N–H and O–H groups in total. The zero-order valence-corrected chi connectivity index (χ0v) is 9.14. The molecular weight excluding hydrogens is 224 g/mol. The smallest absolute Gasteiger partial charge is 0.379 e. The molecule has 17 heavy (non-hydrogen) atoms. The van der Waals surface area contributed by atoms with Crippen molar-refractivity contribution in [2.45, 2.75) is 0 Å². The summed E-state index contributed by atoms with van der Waals surface area (Å²) < 4.78 is 14.4. The first-order valence-corrected chi connectivity index (χ1v) is 4.93. The first-order chi connectivity index (χ1) is 8.20.